The molecule has 13 heteroatoms. The molecule has 0 fully saturated rings. The van der Waals surface area contributed by atoms with Crippen LogP contribution in [0.1, 0.15) is 51.4 Å². The number of rotatable bonds is 12. The van der Waals surface area contributed by atoms with Gasteiger partial charge < -0.3 is 24.1 Å². The van der Waals surface area contributed by atoms with Crippen molar-refractivity contribution >= 4 is 73.4 Å². The zero-order chi connectivity index (χ0) is 28.6. The fourth-order valence-corrected chi connectivity index (χ4v) is 7.37. The van der Waals surface area contributed by atoms with Gasteiger partial charge in [-0.15, -0.1) is 23.1 Å². The number of amides is 2. The quantitative estimate of drug-likeness (QED) is 0.242. The van der Waals surface area contributed by atoms with E-state index in [-0.39, 0.29) is 29.9 Å². The van der Waals surface area contributed by atoms with Crippen molar-refractivity contribution in [3.05, 3.63) is 44.6 Å². The van der Waals surface area contributed by atoms with E-state index in [4.69, 9.17) is 14.2 Å². The molecule has 0 radical (unpaired) electrons. The first-order valence-electron chi connectivity index (χ1n) is 12.9. The van der Waals surface area contributed by atoms with Gasteiger partial charge in [0.15, 0.2) is 4.80 Å². The van der Waals surface area contributed by atoms with Gasteiger partial charge in [0.2, 0.25) is 5.91 Å². The Kier molecular flexibility index (Phi) is 10.5. The van der Waals surface area contributed by atoms with Crippen LogP contribution in [-0.2, 0) is 43.2 Å². The van der Waals surface area contributed by atoms with Crippen LogP contribution in [0.3, 0.4) is 0 Å². The smallest absolute Gasteiger partial charge is 0.341 e. The van der Waals surface area contributed by atoms with E-state index in [0.29, 0.717) is 40.7 Å². The number of nitrogens with one attached hydrogen (secondary N) is 1. The van der Waals surface area contributed by atoms with Crippen molar-refractivity contribution in [1.29, 1.82) is 0 Å². The third kappa shape index (κ3) is 7.00. The number of aryl methyl sites for hydroxylation is 1. The van der Waals surface area contributed by atoms with Crippen LogP contribution in [0.4, 0.5) is 5.00 Å². The summed E-state index contributed by atoms with van der Waals surface area (Å²) in [5, 5.41) is 3.35. The first kappa shape index (κ1) is 30.0. The molecule has 1 N–H and O–H groups in total. The molecule has 1 aliphatic rings. The summed E-state index contributed by atoms with van der Waals surface area (Å²) in [5.41, 5.74) is 2.67. The molecule has 0 unspecified atom stereocenters. The largest absolute Gasteiger partial charge is 0.465 e. The highest BCUT2D eigenvalue weighted by atomic mass is 32.2. The molecular weight excluding hydrogens is 575 g/mol. The molecule has 0 spiro atoms. The maximum atomic E-state index is 12.8. The molecule has 0 aliphatic heterocycles. The number of methoxy groups -OCH3 is 1. The minimum atomic E-state index is -0.443. The van der Waals surface area contributed by atoms with Gasteiger partial charge in [0.25, 0.3) is 5.91 Å². The van der Waals surface area contributed by atoms with Crippen LogP contribution < -0.4 is 10.1 Å². The number of benzene rings is 1. The molecule has 0 bridgehead atoms. The Hall–Kier alpha value is -3.00. The van der Waals surface area contributed by atoms with Gasteiger partial charge in [0, 0.05) is 18.0 Å². The molecule has 10 nitrogen and oxygen atoms in total. The summed E-state index contributed by atoms with van der Waals surface area (Å²) in [6.45, 7) is 5.41. The lowest BCUT2D eigenvalue weighted by Gasteiger charge is -2.07. The maximum absolute atomic E-state index is 12.8. The first-order valence-corrected chi connectivity index (χ1v) is 15.7. The minimum absolute atomic E-state index is 0.00616. The molecular formula is C27H31N3O7S3. The SMILES string of the molecule is CCOCCn1c(=NC(=O)CSCC(=O)Nc2sc3c(c2C(=O)OCC)CCC3)sc2cc(C(=O)OC)ccc21. The summed E-state index contributed by atoms with van der Waals surface area (Å²) in [6, 6.07) is 5.20. The molecule has 40 heavy (non-hydrogen) atoms. The highest BCUT2D eigenvalue weighted by Gasteiger charge is 2.28. The molecule has 2 heterocycles. The van der Waals surface area contributed by atoms with Crippen LogP contribution in [0.15, 0.2) is 23.2 Å². The van der Waals surface area contributed by atoms with Gasteiger partial charge in [-0.25, -0.2) is 9.59 Å². The van der Waals surface area contributed by atoms with Crippen molar-refractivity contribution < 1.29 is 33.4 Å². The Balaban J connectivity index is 1.43. The van der Waals surface area contributed by atoms with Crippen molar-refractivity contribution in [2.45, 2.75) is 39.7 Å². The second kappa shape index (κ2) is 14.1. The van der Waals surface area contributed by atoms with Gasteiger partial charge in [0.05, 0.1) is 53.2 Å². The number of thiophene rings is 1. The van der Waals surface area contributed by atoms with Crippen molar-refractivity contribution in [2.75, 3.05) is 43.8 Å². The molecule has 2 amide bonds. The van der Waals surface area contributed by atoms with Crippen molar-refractivity contribution in [3.8, 4) is 0 Å². The minimum Gasteiger partial charge on any atom is -0.465 e. The summed E-state index contributed by atoms with van der Waals surface area (Å²) in [5.74, 6) is -1.50. The molecule has 0 saturated heterocycles. The van der Waals surface area contributed by atoms with E-state index in [1.54, 1.807) is 25.1 Å². The summed E-state index contributed by atoms with van der Waals surface area (Å²) < 4.78 is 18.2. The number of carbonyl (C=O) groups excluding carboxylic acids is 4. The van der Waals surface area contributed by atoms with Crippen LogP contribution >= 0.6 is 34.4 Å². The lowest BCUT2D eigenvalue weighted by Crippen LogP contribution is -2.21. The number of hydrogen-bond acceptors (Lipinski definition) is 10. The molecule has 1 aliphatic carbocycles. The van der Waals surface area contributed by atoms with Crippen LogP contribution in [0.5, 0.6) is 0 Å². The summed E-state index contributed by atoms with van der Waals surface area (Å²) in [6.07, 6.45) is 2.67. The lowest BCUT2D eigenvalue weighted by atomic mass is 10.1. The molecule has 1 aromatic carbocycles. The average Bonchev–Trinajstić information content (AvgIpc) is 3.61. The van der Waals surface area contributed by atoms with Crippen molar-refractivity contribution in [3.63, 3.8) is 0 Å². The summed E-state index contributed by atoms with van der Waals surface area (Å²) in [7, 11) is 1.33. The number of thioether (sulfide) groups is 1. The Bertz CT molecular complexity index is 1490. The fraction of sp³-hybridized carbons (Fsp3) is 0.444. The van der Waals surface area contributed by atoms with E-state index >= 15 is 0 Å². The predicted molar refractivity (Wildman–Crippen MR) is 156 cm³/mol. The summed E-state index contributed by atoms with van der Waals surface area (Å²) >= 11 is 3.86. The van der Waals surface area contributed by atoms with Crippen molar-refractivity contribution in [2.24, 2.45) is 4.99 Å². The number of anilines is 1. The lowest BCUT2D eigenvalue weighted by molar-refractivity contribution is -0.115. The number of fused-ring (bicyclic) bond motifs is 2. The third-order valence-corrected chi connectivity index (χ3v) is 9.27. The number of aromatic nitrogens is 1. The van der Waals surface area contributed by atoms with Gasteiger partial charge in [-0.1, -0.05) is 11.3 Å². The van der Waals surface area contributed by atoms with E-state index in [0.717, 1.165) is 51.7 Å². The second-order valence-corrected chi connectivity index (χ2v) is 11.8. The van der Waals surface area contributed by atoms with E-state index < -0.39 is 11.9 Å². The highest BCUT2D eigenvalue weighted by Crippen LogP contribution is 2.39. The van der Waals surface area contributed by atoms with Crippen LogP contribution in [-0.4, -0.2) is 66.8 Å². The van der Waals surface area contributed by atoms with E-state index in [1.165, 1.54) is 29.8 Å². The number of hydrogen-bond donors (Lipinski definition) is 1. The topological polar surface area (TPSA) is 125 Å². The number of carbonyl (C=O) groups is 4. The average molecular weight is 606 g/mol. The van der Waals surface area contributed by atoms with Gasteiger partial charge in [-0.3, -0.25) is 9.59 Å². The molecule has 4 rings (SSSR count). The van der Waals surface area contributed by atoms with Crippen LogP contribution in [0.2, 0.25) is 0 Å². The van der Waals surface area contributed by atoms with Gasteiger partial charge in [0.1, 0.15) is 5.00 Å². The third-order valence-electron chi connectivity index (χ3n) is 6.10. The highest BCUT2D eigenvalue weighted by molar-refractivity contribution is 8.00. The van der Waals surface area contributed by atoms with E-state index in [9.17, 15) is 19.2 Å². The van der Waals surface area contributed by atoms with Crippen LogP contribution in [0.25, 0.3) is 10.2 Å². The monoisotopic (exact) mass is 605 g/mol. The Morgan fingerprint density at radius 3 is 2.65 bits per heavy atom. The fourth-order valence-electron chi connectivity index (χ4n) is 4.36. The number of ether oxygens (including phenoxy) is 3. The van der Waals surface area contributed by atoms with Crippen LogP contribution in [0, 0.1) is 0 Å². The standard InChI is InChI=1S/C27H31N3O7S3/c1-4-36-12-11-30-18-10-9-16(25(33)35-3)13-20(18)40-27(30)29-22(32)15-38-14-21(31)28-24-23(26(34)37-5-2)17-7-6-8-19(17)39-24/h9-10,13H,4-8,11-12,14-15H2,1-3H3,(H,28,31). The zero-order valence-electron chi connectivity index (χ0n) is 22.6. The Morgan fingerprint density at radius 1 is 1.07 bits per heavy atom. The number of esters is 2. The van der Waals surface area contributed by atoms with E-state index in [2.05, 4.69) is 10.3 Å². The van der Waals surface area contributed by atoms with Gasteiger partial charge in [-0.05, 0) is 56.9 Å². The van der Waals surface area contributed by atoms with Crippen molar-refractivity contribution in [1.82, 2.24) is 4.57 Å². The molecule has 2 aromatic heterocycles. The Labute approximate surface area is 243 Å². The second-order valence-electron chi connectivity index (χ2n) is 8.74. The molecule has 3 aromatic rings. The normalized spacial score (nSPS) is 12.9. The maximum Gasteiger partial charge on any atom is 0.341 e. The molecule has 0 atom stereocenters. The summed E-state index contributed by atoms with van der Waals surface area (Å²) in [4.78, 5) is 55.8. The van der Waals surface area contributed by atoms with Gasteiger partial charge in [-0.2, -0.15) is 4.99 Å². The molecule has 0 saturated carbocycles. The number of nitrogens with zero attached hydrogens (tertiary/aromatic N) is 2. The van der Waals surface area contributed by atoms with E-state index in [1.807, 2.05) is 11.5 Å². The first-order chi connectivity index (χ1) is 19.4. The predicted octanol–water partition coefficient (Wildman–Crippen LogP) is 4.05. The Morgan fingerprint density at radius 2 is 1.90 bits per heavy atom. The zero-order valence-corrected chi connectivity index (χ0v) is 25.0. The van der Waals surface area contributed by atoms with Gasteiger partial charge >= 0.3 is 11.9 Å². The number of thiazole rings is 1. The molecule has 214 valence electrons.